The molecular formula is C26H22ClN3O2S. The van der Waals surface area contributed by atoms with Crippen LogP contribution in [0, 0.1) is 0 Å². The predicted molar refractivity (Wildman–Crippen MR) is 130 cm³/mol. The van der Waals surface area contributed by atoms with Crippen molar-refractivity contribution in [2.45, 2.75) is 35.6 Å². The summed E-state index contributed by atoms with van der Waals surface area (Å²) >= 11 is 7.84. The molecule has 1 heterocycles. The zero-order valence-corrected chi connectivity index (χ0v) is 19.4. The van der Waals surface area contributed by atoms with Crippen molar-refractivity contribution in [2.24, 2.45) is 0 Å². The molecule has 5 rings (SSSR count). The van der Waals surface area contributed by atoms with Crippen molar-refractivity contribution in [3.8, 4) is 11.5 Å². The van der Waals surface area contributed by atoms with Crippen molar-refractivity contribution in [1.82, 2.24) is 15.1 Å². The number of hydrogen-bond donors (Lipinski definition) is 0. The molecule has 0 unspecified atom stereocenters. The van der Waals surface area contributed by atoms with E-state index in [-0.39, 0.29) is 23.7 Å². The second-order valence-corrected chi connectivity index (χ2v) is 9.49. The van der Waals surface area contributed by atoms with Crippen LogP contribution < -0.4 is 0 Å². The molecule has 5 nitrogen and oxygen atoms in total. The average molecular weight is 476 g/mol. The molecule has 0 radical (unpaired) electrons. The topological polar surface area (TPSA) is 59.2 Å². The van der Waals surface area contributed by atoms with Crippen molar-refractivity contribution >= 4 is 29.3 Å². The maximum Gasteiger partial charge on any atom is 0.249 e. The third-order valence-electron chi connectivity index (χ3n) is 5.47. The molecule has 0 spiro atoms. The Balaban J connectivity index is 1.41. The minimum atomic E-state index is -0.361. The molecule has 4 aromatic rings. The molecule has 0 N–H and O–H groups in total. The van der Waals surface area contributed by atoms with E-state index in [1.165, 1.54) is 0 Å². The van der Waals surface area contributed by atoms with Gasteiger partial charge in [0.1, 0.15) is 5.25 Å². The third kappa shape index (κ3) is 5.13. The van der Waals surface area contributed by atoms with E-state index in [4.69, 9.17) is 16.0 Å². The van der Waals surface area contributed by atoms with E-state index in [2.05, 4.69) is 10.2 Å². The van der Waals surface area contributed by atoms with Gasteiger partial charge in [-0.1, -0.05) is 72.3 Å². The molecule has 1 atom stereocenters. The van der Waals surface area contributed by atoms with Crippen LogP contribution in [0.3, 0.4) is 0 Å². The van der Waals surface area contributed by atoms with Gasteiger partial charge in [-0.05, 0) is 42.7 Å². The van der Waals surface area contributed by atoms with Crippen LogP contribution in [0.15, 0.2) is 94.2 Å². The molecule has 7 heteroatoms. The van der Waals surface area contributed by atoms with Crippen LogP contribution in [-0.2, 0) is 11.3 Å². The summed E-state index contributed by atoms with van der Waals surface area (Å²) in [4.78, 5) is 16.8. The predicted octanol–water partition coefficient (Wildman–Crippen LogP) is 6.41. The summed E-state index contributed by atoms with van der Waals surface area (Å²) in [5.41, 5.74) is 1.66. The highest BCUT2D eigenvalue weighted by Crippen LogP contribution is 2.40. The second-order valence-electron chi connectivity index (χ2n) is 7.90. The second kappa shape index (κ2) is 9.81. The summed E-state index contributed by atoms with van der Waals surface area (Å²) in [5, 5.41) is 8.56. The maximum absolute atomic E-state index is 13.9. The van der Waals surface area contributed by atoms with E-state index in [0.29, 0.717) is 22.4 Å². The lowest BCUT2D eigenvalue weighted by Crippen LogP contribution is -2.35. The lowest BCUT2D eigenvalue weighted by atomic mass is 10.1. The smallest absolute Gasteiger partial charge is 0.249 e. The van der Waals surface area contributed by atoms with Crippen LogP contribution in [0.2, 0.25) is 5.02 Å². The first-order chi connectivity index (χ1) is 16.2. The van der Waals surface area contributed by atoms with Gasteiger partial charge < -0.3 is 9.32 Å². The molecule has 1 amide bonds. The van der Waals surface area contributed by atoms with Crippen LogP contribution in [0.25, 0.3) is 11.5 Å². The lowest BCUT2D eigenvalue weighted by Gasteiger charge is -2.26. The first-order valence-corrected chi connectivity index (χ1v) is 12.1. The molecule has 0 saturated heterocycles. The van der Waals surface area contributed by atoms with Gasteiger partial charge in [0.2, 0.25) is 17.7 Å². The number of benzene rings is 3. The van der Waals surface area contributed by atoms with E-state index < -0.39 is 0 Å². The number of hydrogen-bond acceptors (Lipinski definition) is 5. The fourth-order valence-corrected chi connectivity index (χ4v) is 4.99. The van der Waals surface area contributed by atoms with Gasteiger partial charge in [-0.25, -0.2) is 0 Å². The zero-order valence-electron chi connectivity index (χ0n) is 17.8. The maximum atomic E-state index is 13.9. The average Bonchev–Trinajstić information content (AvgIpc) is 3.60. The third-order valence-corrected chi connectivity index (χ3v) is 7.05. The van der Waals surface area contributed by atoms with Gasteiger partial charge in [-0.3, -0.25) is 4.79 Å². The number of thioether (sulfide) groups is 1. The first kappa shape index (κ1) is 21.7. The van der Waals surface area contributed by atoms with Crippen molar-refractivity contribution in [1.29, 1.82) is 0 Å². The van der Waals surface area contributed by atoms with Crippen molar-refractivity contribution in [3.63, 3.8) is 0 Å². The minimum absolute atomic E-state index is 0.0510. The van der Waals surface area contributed by atoms with Crippen LogP contribution in [0.1, 0.15) is 29.5 Å². The van der Waals surface area contributed by atoms with Gasteiger partial charge in [-0.2, -0.15) is 0 Å². The molecule has 1 saturated carbocycles. The van der Waals surface area contributed by atoms with Gasteiger partial charge in [0.25, 0.3) is 0 Å². The SMILES string of the molecule is O=C([C@H](Sc1ccccc1)c1ccccc1)N(Cc1nnc(-c2ccccc2Cl)o1)C1CC1. The highest BCUT2D eigenvalue weighted by Gasteiger charge is 2.38. The Labute approximate surface area is 201 Å². The van der Waals surface area contributed by atoms with E-state index >= 15 is 0 Å². The van der Waals surface area contributed by atoms with Crippen molar-refractivity contribution < 1.29 is 9.21 Å². The zero-order chi connectivity index (χ0) is 22.6. The number of halogens is 1. The van der Waals surface area contributed by atoms with Gasteiger partial charge in [0, 0.05) is 10.9 Å². The number of aromatic nitrogens is 2. The molecule has 1 aliphatic rings. The Kier molecular flexibility index (Phi) is 6.46. The fraction of sp³-hybridized carbons (Fsp3) is 0.192. The highest BCUT2D eigenvalue weighted by molar-refractivity contribution is 8.00. The number of carbonyl (C=O) groups is 1. The molecule has 1 aromatic heterocycles. The molecule has 1 aliphatic carbocycles. The fourth-order valence-electron chi connectivity index (χ4n) is 3.65. The van der Waals surface area contributed by atoms with E-state index in [9.17, 15) is 4.79 Å². The molecule has 3 aromatic carbocycles. The Morgan fingerprint density at radius 2 is 1.64 bits per heavy atom. The van der Waals surface area contributed by atoms with E-state index in [1.54, 1.807) is 17.8 Å². The number of amides is 1. The van der Waals surface area contributed by atoms with Crippen molar-refractivity contribution in [3.05, 3.63) is 101 Å². The molecule has 33 heavy (non-hydrogen) atoms. The van der Waals surface area contributed by atoms with Gasteiger partial charge in [-0.15, -0.1) is 22.0 Å². The summed E-state index contributed by atoms with van der Waals surface area (Å²) in [5.74, 6) is 0.814. The quantitative estimate of drug-likeness (QED) is 0.275. The largest absolute Gasteiger partial charge is 0.419 e. The number of rotatable bonds is 8. The monoisotopic (exact) mass is 475 g/mol. The van der Waals surface area contributed by atoms with Crippen LogP contribution in [-0.4, -0.2) is 27.0 Å². The number of carbonyl (C=O) groups excluding carboxylic acids is 1. The summed E-state index contributed by atoms with van der Waals surface area (Å²) < 4.78 is 5.91. The molecule has 0 aliphatic heterocycles. The van der Waals surface area contributed by atoms with Gasteiger partial charge >= 0.3 is 0 Å². The van der Waals surface area contributed by atoms with Gasteiger partial charge in [0.15, 0.2) is 0 Å². The Bertz CT molecular complexity index is 1230. The molecule has 166 valence electrons. The normalized spacial score (nSPS) is 14.1. The van der Waals surface area contributed by atoms with E-state index in [1.807, 2.05) is 83.8 Å². The van der Waals surface area contributed by atoms with Crippen LogP contribution >= 0.6 is 23.4 Å². The van der Waals surface area contributed by atoms with Gasteiger partial charge in [0.05, 0.1) is 17.1 Å². The number of nitrogens with zero attached hydrogens (tertiary/aromatic N) is 3. The molecular weight excluding hydrogens is 454 g/mol. The summed E-state index contributed by atoms with van der Waals surface area (Å²) in [6.45, 7) is 0.277. The van der Waals surface area contributed by atoms with Crippen LogP contribution in [0.5, 0.6) is 0 Å². The standard InChI is InChI=1S/C26H22ClN3O2S/c27-22-14-8-7-13-21(22)25-29-28-23(32-25)17-30(19-15-16-19)26(31)24(18-9-3-1-4-10-18)33-20-11-5-2-6-12-20/h1-14,19,24H,15-17H2/t24-/m1/s1. The lowest BCUT2D eigenvalue weighted by molar-refractivity contribution is -0.132. The summed E-state index contributed by atoms with van der Waals surface area (Å²) in [6.07, 6.45) is 1.96. The highest BCUT2D eigenvalue weighted by atomic mass is 35.5. The Hall–Kier alpha value is -3.09. The first-order valence-electron chi connectivity index (χ1n) is 10.8. The Morgan fingerprint density at radius 3 is 2.33 bits per heavy atom. The minimum Gasteiger partial charge on any atom is -0.419 e. The Morgan fingerprint density at radius 1 is 0.970 bits per heavy atom. The van der Waals surface area contributed by atoms with Crippen molar-refractivity contribution in [2.75, 3.05) is 0 Å². The summed E-state index contributed by atoms with van der Waals surface area (Å²) in [6, 6.07) is 27.5. The molecule has 0 bridgehead atoms. The summed E-state index contributed by atoms with van der Waals surface area (Å²) in [7, 11) is 0. The molecule has 1 fully saturated rings. The van der Waals surface area contributed by atoms with Crippen LogP contribution in [0.4, 0.5) is 0 Å². The van der Waals surface area contributed by atoms with E-state index in [0.717, 1.165) is 23.3 Å².